The Hall–Kier alpha value is -1.36. The number of nitrogens with one attached hydrogen (secondary N) is 1. The highest BCUT2D eigenvalue weighted by Crippen LogP contribution is 2.19. The minimum absolute atomic E-state index is 0.485. The van der Waals surface area contributed by atoms with Crippen molar-refractivity contribution in [1.29, 1.82) is 0 Å². The summed E-state index contributed by atoms with van der Waals surface area (Å²) in [5, 5.41) is 2.62. The highest BCUT2D eigenvalue weighted by Gasteiger charge is 2.12. The van der Waals surface area contributed by atoms with Gasteiger partial charge in [0.2, 0.25) is 5.91 Å². The second-order valence-electron chi connectivity index (χ2n) is 3.89. The van der Waals surface area contributed by atoms with Crippen molar-refractivity contribution < 1.29 is 13.2 Å². The fraction of sp³-hybridized carbons (Fsp3) is 0.364. The molecule has 0 aliphatic heterocycles. The zero-order chi connectivity index (χ0) is 12.3. The van der Waals surface area contributed by atoms with E-state index in [1.807, 2.05) is 32.0 Å². The van der Waals surface area contributed by atoms with Crippen molar-refractivity contribution >= 4 is 21.4 Å². The number of rotatable bonds is 3. The maximum Gasteiger partial charge on any atom is 0.239 e. The summed E-state index contributed by atoms with van der Waals surface area (Å²) in [7, 11) is -3.28. The van der Waals surface area contributed by atoms with Crippen LogP contribution in [-0.4, -0.2) is 26.3 Å². The Morgan fingerprint density at radius 3 is 2.19 bits per heavy atom. The Morgan fingerprint density at radius 1 is 1.25 bits per heavy atom. The number of aryl methyl sites for hydroxylation is 2. The van der Waals surface area contributed by atoms with E-state index in [0.717, 1.165) is 17.4 Å². The molecule has 1 aromatic carbocycles. The summed E-state index contributed by atoms with van der Waals surface area (Å²) in [6.07, 6.45) is 1.04. The van der Waals surface area contributed by atoms with Crippen LogP contribution in [-0.2, 0) is 14.6 Å². The fourth-order valence-corrected chi connectivity index (χ4v) is 1.97. The second kappa shape index (κ2) is 4.65. The number of sulfone groups is 1. The van der Waals surface area contributed by atoms with Crippen LogP contribution in [0.4, 0.5) is 5.69 Å². The molecule has 0 saturated carbocycles. The Labute approximate surface area is 95.6 Å². The quantitative estimate of drug-likeness (QED) is 0.867. The van der Waals surface area contributed by atoms with Crippen molar-refractivity contribution in [3.63, 3.8) is 0 Å². The second-order valence-corrected chi connectivity index (χ2v) is 6.03. The first-order chi connectivity index (χ1) is 7.29. The van der Waals surface area contributed by atoms with E-state index in [9.17, 15) is 13.2 Å². The number of hydrogen-bond donors (Lipinski definition) is 1. The predicted molar refractivity (Wildman–Crippen MR) is 64.3 cm³/mol. The molecule has 88 valence electrons. The lowest BCUT2D eigenvalue weighted by molar-refractivity contribution is -0.113. The molecule has 16 heavy (non-hydrogen) atoms. The van der Waals surface area contributed by atoms with Crippen LogP contribution in [0.5, 0.6) is 0 Å². The summed E-state index contributed by atoms with van der Waals surface area (Å²) >= 11 is 0. The van der Waals surface area contributed by atoms with Gasteiger partial charge in [0, 0.05) is 11.9 Å². The van der Waals surface area contributed by atoms with E-state index in [0.29, 0.717) is 5.69 Å². The lowest BCUT2D eigenvalue weighted by atomic mass is 10.1. The third-order valence-electron chi connectivity index (χ3n) is 2.14. The van der Waals surface area contributed by atoms with Gasteiger partial charge in [-0.3, -0.25) is 4.79 Å². The SMILES string of the molecule is Cc1cccc(C)c1NC(=O)CS(C)(=O)=O. The van der Waals surface area contributed by atoms with Crippen LogP contribution in [0.3, 0.4) is 0 Å². The first-order valence-corrected chi connectivity index (χ1v) is 6.89. The number of carbonyl (C=O) groups excluding carboxylic acids is 1. The third kappa shape index (κ3) is 3.66. The van der Waals surface area contributed by atoms with Crippen LogP contribution in [0, 0.1) is 13.8 Å². The summed E-state index contributed by atoms with van der Waals surface area (Å²) in [4.78, 5) is 11.4. The number of hydrogen-bond acceptors (Lipinski definition) is 3. The van der Waals surface area contributed by atoms with E-state index < -0.39 is 21.5 Å². The van der Waals surface area contributed by atoms with Crippen LogP contribution in [0.25, 0.3) is 0 Å². The number of anilines is 1. The molecule has 0 heterocycles. The molecule has 1 rings (SSSR count). The zero-order valence-corrected chi connectivity index (χ0v) is 10.4. The lowest BCUT2D eigenvalue weighted by Gasteiger charge is -2.10. The normalized spacial score (nSPS) is 11.2. The smallest absolute Gasteiger partial charge is 0.239 e. The summed E-state index contributed by atoms with van der Waals surface area (Å²) in [5.41, 5.74) is 2.53. The van der Waals surface area contributed by atoms with Crippen molar-refractivity contribution in [2.75, 3.05) is 17.3 Å². The molecule has 1 N–H and O–H groups in total. The molecule has 0 aliphatic rings. The van der Waals surface area contributed by atoms with E-state index >= 15 is 0 Å². The van der Waals surface area contributed by atoms with E-state index in [2.05, 4.69) is 5.32 Å². The summed E-state index contributed by atoms with van der Waals surface area (Å²) < 4.78 is 21.9. The highest BCUT2D eigenvalue weighted by atomic mass is 32.2. The largest absolute Gasteiger partial charge is 0.325 e. The molecule has 0 aromatic heterocycles. The van der Waals surface area contributed by atoms with Crippen molar-refractivity contribution in [1.82, 2.24) is 0 Å². The van der Waals surface area contributed by atoms with Gasteiger partial charge in [-0.2, -0.15) is 0 Å². The number of carbonyl (C=O) groups is 1. The highest BCUT2D eigenvalue weighted by molar-refractivity contribution is 7.91. The lowest BCUT2D eigenvalue weighted by Crippen LogP contribution is -2.22. The van der Waals surface area contributed by atoms with Crippen LogP contribution in [0.2, 0.25) is 0 Å². The van der Waals surface area contributed by atoms with Gasteiger partial charge in [0.15, 0.2) is 9.84 Å². The monoisotopic (exact) mass is 241 g/mol. The first kappa shape index (κ1) is 12.7. The molecule has 0 spiro atoms. The molecule has 1 aromatic rings. The Kier molecular flexibility index (Phi) is 3.70. The minimum atomic E-state index is -3.28. The van der Waals surface area contributed by atoms with E-state index in [1.165, 1.54) is 0 Å². The van der Waals surface area contributed by atoms with Crippen molar-refractivity contribution in [3.8, 4) is 0 Å². The average molecular weight is 241 g/mol. The molecule has 5 heteroatoms. The predicted octanol–water partition coefficient (Wildman–Crippen LogP) is 1.29. The molecular weight excluding hydrogens is 226 g/mol. The van der Waals surface area contributed by atoms with Gasteiger partial charge in [0.25, 0.3) is 0 Å². The summed E-state index contributed by atoms with van der Waals surface area (Å²) in [6.45, 7) is 3.73. The van der Waals surface area contributed by atoms with Gasteiger partial charge in [-0.1, -0.05) is 18.2 Å². The topological polar surface area (TPSA) is 63.2 Å². The van der Waals surface area contributed by atoms with Gasteiger partial charge in [0.05, 0.1) is 0 Å². The van der Waals surface area contributed by atoms with Crippen LogP contribution < -0.4 is 5.32 Å². The van der Waals surface area contributed by atoms with Gasteiger partial charge >= 0.3 is 0 Å². The maximum atomic E-state index is 11.4. The fourth-order valence-electron chi connectivity index (χ4n) is 1.43. The third-order valence-corrected chi connectivity index (χ3v) is 2.93. The summed E-state index contributed by atoms with van der Waals surface area (Å²) in [5.74, 6) is -0.985. The molecule has 0 radical (unpaired) electrons. The van der Waals surface area contributed by atoms with E-state index in [4.69, 9.17) is 0 Å². The molecule has 0 saturated heterocycles. The van der Waals surface area contributed by atoms with Crippen LogP contribution in [0.15, 0.2) is 18.2 Å². The number of amides is 1. The average Bonchev–Trinajstić information content (AvgIpc) is 2.08. The molecule has 0 unspecified atom stereocenters. The van der Waals surface area contributed by atoms with E-state index in [-0.39, 0.29) is 0 Å². The van der Waals surface area contributed by atoms with Gasteiger partial charge in [-0.15, -0.1) is 0 Å². The van der Waals surface area contributed by atoms with E-state index in [1.54, 1.807) is 0 Å². The van der Waals surface area contributed by atoms with Gasteiger partial charge in [0.1, 0.15) is 5.75 Å². The van der Waals surface area contributed by atoms with Crippen molar-refractivity contribution in [2.45, 2.75) is 13.8 Å². The molecule has 0 aliphatic carbocycles. The van der Waals surface area contributed by atoms with Crippen LogP contribution >= 0.6 is 0 Å². The molecule has 1 amide bonds. The Morgan fingerprint density at radius 2 is 1.75 bits per heavy atom. The van der Waals surface area contributed by atoms with Crippen molar-refractivity contribution in [3.05, 3.63) is 29.3 Å². The van der Waals surface area contributed by atoms with Gasteiger partial charge in [-0.25, -0.2) is 8.42 Å². The Balaban J connectivity index is 2.86. The molecular formula is C11H15NO3S. The van der Waals surface area contributed by atoms with Gasteiger partial charge in [-0.05, 0) is 25.0 Å². The molecule has 0 atom stereocenters. The first-order valence-electron chi connectivity index (χ1n) is 4.83. The molecule has 4 nitrogen and oxygen atoms in total. The summed E-state index contributed by atoms with van der Waals surface area (Å²) in [6, 6.07) is 5.61. The zero-order valence-electron chi connectivity index (χ0n) is 9.57. The van der Waals surface area contributed by atoms with Crippen LogP contribution in [0.1, 0.15) is 11.1 Å². The molecule has 0 fully saturated rings. The maximum absolute atomic E-state index is 11.4. The number of para-hydroxylation sites is 1. The van der Waals surface area contributed by atoms with Crippen molar-refractivity contribution in [2.24, 2.45) is 0 Å². The standard InChI is InChI=1S/C11H15NO3S/c1-8-5-4-6-9(2)11(8)12-10(13)7-16(3,14)15/h4-6H,7H2,1-3H3,(H,12,13). The number of benzene rings is 1. The molecule has 0 bridgehead atoms. The van der Waals surface area contributed by atoms with Gasteiger partial charge < -0.3 is 5.32 Å². The minimum Gasteiger partial charge on any atom is -0.325 e. The Bertz CT molecular complexity index is 486.